The standard InChI is InChI=1S/C16H24N2O2/c1-12-10-14(17-2)4-5-15(12)16(19)18(3)11-13-6-8-20-9-7-13/h4-5,10,13,17H,6-9,11H2,1-3H3. The Kier molecular flexibility index (Phi) is 5.01. The minimum Gasteiger partial charge on any atom is -0.388 e. The van der Waals surface area contributed by atoms with Crippen LogP contribution in [0.2, 0.25) is 0 Å². The second-order valence-electron chi connectivity index (χ2n) is 5.52. The average Bonchev–Trinajstić information content (AvgIpc) is 2.47. The zero-order valence-corrected chi connectivity index (χ0v) is 12.6. The fourth-order valence-corrected chi connectivity index (χ4v) is 2.66. The van der Waals surface area contributed by atoms with Gasteiger partial charge in [-0.2, -0.15) is 0 Å². The number of hydrogen-bond acceptors (Lipinski definition) is 3. The molecule has 4 nitrogen and oxygen atoms in total. The Morgan fingerprint density at radius 3 is 2.70 bits per heavy atom. The number of carbonyl (C=O) groups is 1. The maximum Gasteiger partial charge on any atom is 0.253 e. The van der Waals surface area contributed by atoms with Crippen LogP contribution < -0.4 is 5.32 Å². The number of amides is 1. The third-order valence-electron chi connectivity index (χ3n) is 3.97. The van der Waals surface area contributed by atoms with E-state index in [1.54, 1.807) is 0 Å². The van der Waals surface area contributed by atoms with Crippen molar-refractivity contribution in [3.8, 4) is 0 Å². The minimum atomic E-state index is 0.108. The number of nitrogens with one attached hydrogen (secondary N) is 1. The predicted octanol–water partition coefficient (Wildman–Crippen LogP) is 2.54. The van der Waals surface area contributed by atoms with Crippen LogP contribution in [-0.4, -0.2) is 44.7 Å². The molecule has 2 rings (SSSR count). The van der Waals surface area contributed by atoms with Crippen LogP contribution in [0.25, 0.3) is 0 Å². The monoisotopic (exact) mass is 276 g/mol. The van der Waals surface area contributed by atoms with Crippen LogP contribution in [-0.2, 0) is 4.74 Å². The largest absolute Gasteiger partial charge is 0.388 e. The van der Waals surface area contributed by atoms with E-state index in [4.69, 9.17) is 4.74 Å². The Hall–Kier alpha value is -1.55. The molecule has 1 N–H and O–H groups in total. The lowest BCUT2D eigenvalue weighted by molar-refractivity contribution is 0.0497. The van der Waals surface area contributed by atoms with Crippen molar-refractivity contribution in [3.63, 3.8) is 0 Å². The van der Waals surface area contributed by atoms with Crippen molar-refractivity contribution < 1.29 is 9.53 Å². The smallest absolute Gasteiger partial charge is 0.253 e. The van der Waals surface area contributed by atoms with Crippen LogP contribution in [0.5, 0.6) is 0 Å². The summed E-state index contributed by atoms with van der Waals surface area (Å²) in [7, 11) is 3.77. The van der Waals surface area contributed by atoms with Gasteiger partial charge in [0.1, 0.15) is 0 Å². The van der Waals surface area contributed by atoms with Gasteiger partial charge in [-0.1, -0.05) is 0 Å². The first kappa shape index (κ1) is 14.9. The number of ether oxygens (including phenoxy) is 1. The molecule has 0 aromatic heterocycles. The molecule has 0 unspecified atom stereocenters. The molecule has 0 saturated carbocycles. The molecule has 110 valence electrons. The molecule has 1 aliphatic heterocycles. The molecular weight excluding hydrogens is 252 g/mol. The second-order valence-corrected chi connectivity index (χ2v) is 5.52. The van der Waals surface area contributed by atoms with E-state index in [0.717, 1.165) is 49.4 Å². The number of nitrogens with zero attached hydrogens (tertiary/aromatic N) is 1. The molecule has 0 aliphatic carbocycles. The molecule has 1 amide bonds. The molecule has 0 bridgehead atoms. The van der Waals surface area contributed by atoms with Crippen LogP contribution in [0.15, 0.2) is 18.2 Å². The van der Waals surface area contributed by atoms with Crippen molar-refractivity contribution in [2.45, 2.75) is 19.8 Å². The highest BCUT2D eigenvalue weighted by Crippen LogP contribution is 2.19. The van der Waals surface area contributed by atoms with Crippen LogP contribution in [0.1, 0.15) is 28.8 Å². The summed E-state index contributed by atoms with van der Waals surface area (Å²) in [5, 5.41) is 3.09. The quantitative estimate of drug-likeness (QED) is 0.919. The summed E-state index contributed by atoms with van der Waals surface area (Å²) in [5.41, 5.74) is 2.84. The third-order valence-corrected chi connectivity index (χ3v) is 3.97. The Labute approximate surface area is 121 Å². The molecule has 1 fully saturated rings. The molecule has 1 aromatic rings. The van der Waals surface area contributed by atoms with Gasteiger partial charge in [-0.3, -0.25) is 4.79 Å². The summed E-state index contributed by atoms with van der Waals surface area (Å²) in [6.07, 6.45) is 2.10. The van der Waals surface area contributed by atoms with Crippen molar-refractivity contribution >= 4 is 11.6 Å². The van der Waals surface area contributed by atoms with Gasteiger partial charge in [0, 0.05) is 45.1 Å². The summed E-state index contributed by atoms with van der Waals surface area (Å²) in [5.74, 6) is 0.672. The van der Waals surface area contributed by atoms with Crippen molar-refractivity contribution in [1.82, 2.24) is 4.90 Å². The zero-order valence-electron chi connectivity index (χ0n) is 12.6. The first-order valence-corrected chi connectivity index (χ1v) is 7.23. The number of hydrogen-bond donors (Lipinski definition) is 1. The zero-order chi connectivity index (χ0) is 14.5. The predicted molar refractivity (Wildman–Crippen MR) is 81.2 cm³/mol. The summed E-state index contributed by atoms with van der Waals surface area (Å²) < 4.78 is 5.36. The molecule has 1 aromatic carbocycles. The number of aryl methyl sites for hydroxylation is 1. The van der Waals surface area contributed by atoms with Gasteiger partial charge in [-0.05, 0) is 49.4 Å². The number of carbonyl (C=O) groups excluding carboxylic acids is 1. The number of rotatable bonds is 4. The van der Waals surface area contributed by atoms with E-state index in [1.165, 1.54) is 0 Å². The molecule has 4 heteroatoms. The van der Waals surface area contributed by atoms with Gasteiger partial charge in [-0.15, -0.1) is 0 Å². The highest BCUT2D eigenvalue weighted by Gasteiger charge is 2.20. The van der Waals surface area contributed by atoms with Gasteiger partial charge >= 0.3 is 0 Å². The van der Waals surface area contributed by atoms with Crippen molar-refractivity contribution in [2.75, 3.05) is 39.2 Å². The van der Waals surface area contributed by atoms with Gasteiger partial charge < -0.3 is 15.0 Å². The van der Waals surface area contributed by atoms with Gasteiger partial charge in [0.25, 0.3) is 5.91 Å². The molecule has 1 heterocycles. The van der Waals surface area contributed by atoms with E-state index in [-0.39, 0.29) is 5.91 Å². The van der Waals surface area contributed by atoms with E-state index in [0.29, 0.717) is 5.92 Å². The summed E-state index contributed by atoms with van der Waals surface area (Å²) in [6, 6.07) is 5.86. The molecule has 20 heavy (non-hydrogen) atoms. The van der Waals surface area contributed by atoms with Crippen LogP contribution in [0.4, 0.5) is 5.69 Å². The second kappa shape index (κ2) is 6.75. The van der Waals surface area contributed by atoms with E-state index in [1.807, 2.05) is 44.1 Å². The number of benzene rings is 1. The highest BCUT2D eigenvalue weighted by molar-refractivity contribution is 5.95. The Morgan fingerprint density at radius 2 is 2.10 bits per heavy atom. The van der Waals surface area contributed by atoms with Gasteiger partial charge in [0.2, 0.25) is 0 Å². The minimum absolute atomic E-state index is 0.108. The molecule has 0 radical (unpaired) electrons. The Morgan fingerprint density at radius 1 is 1.40 bits per heavy atom. The van der Waals surface area contributed by atoms with Crippen LogP contribution >= 0.6 is 0 Å². The first-order valence-electron chi connectivity index (χ1n) is 7.23. The normalized spacial score (nSPS) is 15.9. The topological polar surface area (TPSA) is 41.6 Å². The molecule has 0 spiro atoms. The first-order chi connectivity index (χ1) is 9.61. The van der Waals surface area contributed by atoms with E-state index in [2.05, 4.69) is 5.32 Å². The lowest BCUT2D eigenvalue weighted by atomic mass is 9.99. The fourth-order valence-electron chi connectivity index (χ4n) is 2.66. The maximum absolute atomic E-state index is 12.5. The highest BCUT2D eigenvalue weighted by atomic mass is 16.5. The van der Waals surface area contributed by atoms with Crippen molar-refractivity contribution in [1.29, 1.82) is 0 Å². The van der Waals surface area contributed by atoms with Crippen LogP contribution in [0, 0.1) is 12.8 Å². The summed E-state index contributed by atoms with van der Waals surface area (Å²) >= 11 is 0. The van der Waals surface area contributed by atoms with Crippen LogP contribution in [0.3, 0.4) is 0 Å². The lowest BCUT2D eigenvalue weighted by Crippen LogP contribution is -2.34. The van der Waals surface area contributed by atoms with E-state index < -0.39 is 0 Å². The lowest BCUT2D eigenvalue weighted by Gasteiger charge is -2.27. The SMILES string of the molecule is CNc1ccc(C(=O)N(C)CC2CCOCC2)c(C)c1. The van der Waals surface area contributed by atoms with E-state index in [9.17, 15) is 4.79 Å². The van der Waals surface area contributed by atoms with Gasteiger partial charge in [0.05, 0.1) is 0 Å². The average molecular weight is 276 g/mol. The molecule has 1 saturated heterocycles. The Bertz CT molecular complexity index is 468. The third kappa shape index (κ3) is 3.51. The fraction of sp³-hybridized carbons (Fsp3) is 0.562. The van der Waals surface area contributed by atoms with Gasteiger partial charge in [-0.25, -0.2) is 0 Å². The molecule has 1 aliphatic rings. The maximum atomic E-state index is 12.5. The summed E-state index contributed by atoms with van der Waals surface area (Å²) in [6.45, 7) is 4.44. The van der Waals surface area contributed by atoms with Crippen molar-refractivity contribution in [3.05, 3.63) is 29.3 Å². The van der Waals surface area contributed by atoms with E-state index >= 15 is 0 Å². The molecular formula is C16H24N2O2. The van der Waals surface area contributed by atoms with Crippen molar-refractivity contribution in [2.24, 2.45) is 5.92 Å². The van der Waals surface area contributed by atoms with Gasteiger partial charge in [0.15, 0.2) is 0 Å². The Balaban J connectivity index is 2.02. The summed E-state index contributed by atoms with van der Waals surface area (Å²) in [4.78, 5) is 14.4. The molecule has 0 atom stereocenters. The number of anilines is 1.